The van der Waals surface area contributed by atoms with Crippen molar-refractivity contribution in [1.82, 2.24) is 0 Å². The van der Waals surface area contributed by atoms with E-state index in [0.717, 1.165) is 6.42 Å². The van der Waals surface area contributed by atoms with E-state index < -0.39 is 0 Å². The number of benzene rings is 1. The van der Waals surface area contributed by atoms with Crippen molar-refractivity contribution in [2.24, 2.45) is 0 Å². The molecule has 0 unspecified atom stereocenters. The third-order valence-electron chi connectivity index (χ3n) is 2.71. The largest absolute Gasteiger partial charge is 4.00 e. The Morgan fingerprint density at radius 1 is 1.15 bits per heavy atom. The van der Waals surface area contributed by atoms with E-state index in [2.05, 4.69) is 61.9 Å². The van der Waals surface area contributed by atoms with Gasteiger partial charge in [0.2, 0.25) is 0 Å². The maximum Gasteiger partial charge on any atom is 4.00 e. The van der Waals surface area contributed by atoms with E-state index in [1.807, 2.05) is 12.2 Å². The zero-order chi connectivity index (χ0) is 12.1. The van der Waals surface area contributed by atoms with Crippen LogP contribution in [0.1, 0.15) is 6.42 Å². The maximum atomic E-state index is 2.99. The Morgan fingerprint density at radius 2 is 1.85 bits per heavy atom. The second-order valence-corrected chi connectivity index (χ2v) is 6.55. The molecule has 0 heterocycles. The van der Waals surface area contributed by atoms with Gasteiger partial charge in [0.15, 0.2) is 0 Å². The first-order valence-corrected chi connectivity index (χ1v) is 8.05. The number of halogens is 2. The molecule has 104 valence electrons. The molecule has 20 heavy (non-hydrogen) atoms. The van der Waals surface area contributed by atoms with Gasteiger partial charge in [-0.1, -0.05) is 6.07 Å². The Morgan fingerprint density at radius 3 is 2.30 bits per heavy atom. The fourth-order valence-corrected chi connectivity index (χ4v) is 2.53. The molecule has 0 fully saturated rings. The summed E-state index contributed by atoms with van der Waals surface area (Å²) in [5.41, 5.74) is 0. The van der Waals surface area contributed by atoms with Crippen LogP contribution in [0.5, 0.6) is 0 Å². The quantitative estimate of drug-likeness (QED) is 0.331. The van der Waals surface area contributed by atoms with E-state index in [9.17, 15) is 0 Å². The molecule has 1 aliphatic carbocycles. The summed E-state index contributed by atoms with van der Waals surface area (Å²) in [4.78, 5) is 0. The summed E-state index contributed by atoms with van der Waals surface area (Å²) in [5.74, 6) is 0. The van der Waals surface area contributed by atoms with Gasteiger partial charge in [-0.25, -0.2) is 12.2 Å². The smallest absolute Gasteiger partial charge is 1.00 e. The topological polar surface area (TPSA) is 0 Å². The van der Waals surface area contributed by atoms with Gasteiger partial charge in [0, 0.05) is 0 Å². The average molecular weight is 326 g/mol. The van der Waals surface area contributed by atoms with Gasteiger partial charge in [-0.2, -0.15) is 12.1 Å². The average Bonchev–Trinajstić information content (AvgIpc) is 3.01. The fraction of sp³-hybridized carbons (Fsp3) is 0.188. The van der Waals surface area contributed by atoms with E-state index in [0.29, 0.717) is 0 Å². The number of fused-ring (bicyclic) bond motifs is 1. The molecule has 0 spiro atoms. The predicted octanol–water partition coefficient (Wildman–Crippen LogP) is -1.76. The molecule has 0 nitrogen and oxygen atoms in total. The molecular formula is C16H17F2PTi. The first kappa shape index (κ1) is 21.6. The van der Waals surface area contributed by atoms with E-state index in [1.54, 1.807) is 0 Å². The molecule has 2 aromatic carbocycles. The summed E-state index contributed by atoms with van der Waals surface area (Å²) in [5, 5.41) is 4.26. The van der Waals surface area contributed by atoms with Crippen LogP contribution in [-0.4, -0.2) is 13.3 Å². The molecule has 0 aliphatic heterocycles. The number of allylic oxidation sites excluding steroid dienone is 4. The maximum absolute atomic E-state index is 2.99. The molecule has 0 radical (unpaired) electrons. The minimum Gasteiger partial charge on any atom is -1.00 e. The Bertz CT molecular complexity index is 501. The van der Waals surface area contributed by atoms with Crippen LogP contribution in [0.2, 0.25) is 0 Å². The normalized spacial score (nSPS) is 11.2. The molecule has 0 amide bonds. The van der Waals surface area contributed by atoms with E-state index in [4.69, 9.17) is 0 Å². The van der Waals surface area contributed by atoms with Crippen molar-refractivity contribution in [3.63, 3.8) is 0 Å². The van der Waals surface area contributed by atoms with Crippen LogP contribution in [0.4, 0.5) is 0 Å². The van der Waals surface area contributed by atoms with Crippen molar-refractivity contribution in [2.45, 2.75) is 6.42 Å². The van der Waals surface area contributed by atoms with Gasteiger partial charge in [-0.3, -0.25) is 6.08 Å². The predicted molar refractivity (Wildman–Crippen MR) is 79.5 cm³/mol. The van der Waals surface area contributed by atoms with Crippen LogP contribution in [-0.2, 0) is 21.7 Å². The number of rotatable bonds is 1. The van der Waals surface area contributed by atoms with Crippen LogP contribution in [0.25, 0.3) is 10.8 Å². The molecule has 0 atom stereocenters. The summed E-state index contributed by atoms with van der Waals surface area (Å²) in [7, 11) is 0.0576. The summed E-state index contributed by atoms with van der Waals surface area (Å²) in [6.07, 6.45) is 10.0. The van der Waals surface area contributed by atoms with Gasteiger partial charge in [-0.15, -0.1) is 54.7 Å². The van der Waals surface area contributed by atoms with E-state index in [1.165, 1.54) is 16.1 Å². The van der Waals surface area contributed by atoms with Gasteiger partial charge in [0.05, 0.1) is 0 Å². The van der Waals surface area contributed by atoms with Gasteiger partial charge in [0.1, 0.15) is 0 Å². The molecule has 0 aromatic heterocycles. The van der Waals surface area contributed by atoms with Gasteiger partial charge in [0.25, 0.3) is 0 Å². The first-order chi connectivity index (χ1) is 8.27. The van der Waals surface area contributed by atoms with Crippen molar-refractivity contribution in [3.8, 4) is 0 Å². The third kappa shape index (κ3) is 6.18. The van der Waals surface area contributed by atoms with Crippen molar-refractivity contribution in [3.05, 3.63) is 60.7 Å². The molecule has 3 rings (SSSR count). The van der Waals surface area contributed by atoms with Crippen molar-refractivity contribution < 1.29 is 31.1 Å². The molecule has 2 aromatic rings. The molecule has 0 N–H and O–H groups in total. The van der Waals surface area contributed by atoms with Crippen molar-refractivity contribution in [1.29, 1.82) is 0 Å². The Kier molecular flexibility index (Phi) is 11.9. The molecule has 1 aliphatic rings. The van der Waals surface area contributed by atoms with Crippen LogP contribution in [0, 0.1) is 6.08 Å². The van der Waals surface area contributed by atoms with Crippen LogP contribution < -0.4 is 14.7 Å². The summed E-state index contributed by atoms with van der Waals surface area (Å²) < 4.78 is 0. The fourth-order valence-electron chi connectivity index (χ4n) is 1.73. The van der Waals surface area contributed by atoms with Gasteiger partial charge in [-0.05, 0) is 13.3 Å². The second-order valence-electron chi connectivity index (χ2n) is 4.24. The minimum atomic E-state index is 0. The molecule has 4 heteroatoms. The zero-order valence-electron chi connectivity index (χ0n) is 11.6. The van der Waals surface area contributed by atoms with Crippen LogP contribution >= 0.6 is 7.92 Å². The summed E-state index contributed by atoms with van der Waals surface area (Å²) >= 11 is 0. The SMILES string of the molecule is CP(C)c1cc2ccccc2[cH-]1.[C-]1=CC=CC1.[F-].[F-].[Ti+4]. The molecule has 0 bridgehead atoms. The Balaban J connectivity index is 0. The monoisotopic (exact) mass is 326 g/mol. The minimum absolute atomic E-state index is 0. The van der Waals surface area contributed by atoms with Crippen LogP contribution in [0.3, 0.4) is 0 Å². The number of hydrogen-bond donors (Lipinski definition) is 0. The van der Waals surface area contributed by atoms with E-state index >= 15 is 0 Å². The van der Waals surface area contributed by atoms with Crippen molar-refractivity contribution in [2.75, 3.05) is 13.3 Å². The number of hydrogen-bond acceptors (Lipinski definition) is 0. The first-order valence-electron chi connectivity index (χ1n) is 5.82. The summed E-state index contributed by atoms with van der Waals surface area (Å²) in [6, 6.07) is 13.2. The standard InChI is InChI=1S/C11H12P.C5H5.2FH.Ti/c1-12(2)11-7-9-5-3-4-6-10(9)8-11;1-2-4-5-3-1;;;/h3-8H,1-2H3;1-3H,4H2;2*1H;/q2*-1;;;+4/p-2. The summed E-state index contributed by atoms with van der Waals surface area (Å²) in [6.45, 7) is 4.59. The molecule has 0 saturated carbocycles. The van der Waals surface area contributed by atoms with E-state index in [-0.39, 0.29) is 39.0 Å². The molecular weight excluding hydrogens is 309 g/mol. The Labute approximate surface area is 135 Å². The van der Waals surface area contributed by atoms with Crippen LogP contribution in [0.15, 0.2) is 54.6 Å². The second kappa shape index (κ2) is 11.0. The van der Waals surface area contributed by atoms with Crippen molar-refractivity contribution >= 4 is 24.0 Å². The zero-order valence-corrected chi connectivity index (χ0v) is 14.1. The third-order valence-corrected chi connectivity index (χ3v) is 4.00. The van der Waals surface area contributed by atoms with Gasteiger partial charge >= 0.3 is 21.7 Å². The van der Waals surface area contributed by atoms with Gasteiger partial charge < -0.3 is 9.41 Å². The Hall–Kier alpha value is -0.686. The molecule has 0 saturated heterocycles.